The Hall–Kier alpha value is -2.31. The number of aromatic nitrogens is 2. The van der Waals surface area contributed by atoms with Crippen LogP contribution in [0, 0.1) is 0 Å². The molecular weight excluding hydrogens is 261 g/mol. The van der Waals surface area contributed by atoms with Crippen LogP contribution in [0.2, 0.25) is 0 Å². The highest BCUT2D eigenvalue weighted by atomic mass is 19.4. The van der Waals surface area contributed by atoms with Gasteiger partial charge < -0.3 is 5.11 Å². The van der Waals surface area contributed by atoms with Gasteiger partial charge in [-0.05, 0) is 11.6 Å². The SMILES string of the molecule is O=C(O)c1cnn(Cc2ccccc2C(F)(F)F)c1. The molecule has 0 unspecified atom stereocenters. The zero-order valence-corrected chi connectivity index (χ0v) is 9.55. The third-order valence-electron chi connectivity index (χ3n) is 2.54. The van der Waals surface area contributed by atoms with Crippen molar-refractivity contribution in [2.75, 3.05) is 0 Å². The number of hydrogen-bond donors (Lipinski definition) is 1. The lowest BCUT2D eigenvalue weighted by Crippen LogP contribution is -2.11. The van der Waals surface area contributed by atoms with Crippen molar-refractivity contribution in [3.8, 4) is 0 Å². The Morgan fingerprint density at radius 3 is 2.58 bits per heavy atom. The number of aromatic carboxylic acids is 1. The molecule has 1 aromatic carbocycles. The third kappa shape index (κ3) is 2.93. The first-order valence-electron chi connectivity index (χ1n) is 5.29. The molecule has 0 saturated heterocycles. The van der Waals surface area contributed by atoms with Crippen molar-refractivity contribution < 1.29 is 23.1 Å². The van der Waals surface area contributed by atoms with Gasteiger partial charge in [-0.15, -0.1) is 0 Å². The molecule has 1 aromatic heterocycles. The second-order valence-electron chi connectivity index (χ2n) is 3.89. The van der Waals surface area contributed by atoms with E-state index >= 15 is 0 Å². The predicted molar refractivity (Wildman–Crippen MR) is 59.7 cm³/mol. The molecule has 1 N–H and O–H groups in total. The quantitative estimate of drug-likeness (QED) is 0.932. The van der Waals surface area contributed by atoms with E-state index in [1.807, 2.05) is 0 Å². The van der Waals surface area contributed by atoms with Crippen molar-refractivity contribution in [1.82, 2.24) is 9.78 Å². The Bertz CT molecular complexity index is 605. The van der Waals surface area contributed by atoms with Gasteiger partial charge in [0.2, 0.25) is 0 Å². The number of rotatable bonds is 3. The van der Waals surface area contributed by atoms with Gasteiger partial charge in [0.05, 0.1) is 23.9 Å². The van der Waals surface area contributed by atoms with Crippen LogP contribution in [-0.4, -0.2) is 20.9 Å². The second-order valence-corrected chi connectivity index (χ2v) is 3.89. The summed E-state index contributed by atoms with van der Waals surface area (Å²) < 4.78 is 39.4. The van der Waals surface area contributed by atoms with Crippen LogP contribution in [0.5, 0.6) is 0 Å². The van der Waals surface area contributed by atoms with Crippen LogP contribution >= 0.6 is 0 Å². The fraction of sp³-hybridized carbons (Fsp3) is 0.167. The average Bonchev–Trinajstić information content (AvgIpc) is 2.77. The van der Waals surface area contributed by atoms with Gasteiger partial charge in [0.15, 0.2) is 0 Å². The number of alkyl halides is 3. The van der Waals surface area contributed by atoms with E-state index in [9.17, 15) is 18.0 Å². The van der Waals surface area contributed by atoms with Crippen LogP contribution in [0.4, 0.5) is 13.2 Å². The van der Waals surface area contributed by atoms with Gasteiger partial charge in [0.1, 0.15) is 0 Å². The van der Waals surface area contributed by atoms with Crippen LogP contribution in [0.25, 0.3) is 0 Å². The van der Waals surface area contributed by atoms with Crippen LogP contribution in [0.1, 0.15) is 21.5 Å². The first-order chi connectivity index (χ1) is 8.88. The summed E-state index contributed by atoms with van der Waals surface area (Å²) >= 11 is 0. The van der Waals surface area contributed by atoms with E-state index in [1.165, 1.54) is 24.4 Å². The predicted octanol–water partition coefficient (Wildman–Crippen LogP) is 2.65. The molecule has 0 radical (unpaired) electrons. The minimum absolute atomic E-state index is 0.0371. The molecule has 100 valence electrons. The van der Waals surface area contributed by atoms with E-state index in [1.54, 1.807) is 0 Å². The van der Waals surface area contributed by atoms with E-state index in [0.717, 1.165) is 16.9 Å². The number of halogens is 3. The summed E-state index contributed by atoms with van der Waals surface area (Å²) in [5.41, 5.74) is -0.776. The molecule has 0 aliphatic carbocycles. The zero-order valence-electron chi connectivity index (χ0n) is 9.55. The molecule has 0 bridgehead atoms. The van der Waals surface area contributed by atoms with Crippen molar-refractivity contribution in [2.45, 2.75) is 12.7 Å². The molecule has 2 aromatic rings. The van der Waals surface area contributed by atoms with Gasteiger partial charge in [-0.3, -0.25) is 4.68 Å². The molecule has 0 atom stereocenters. The van der Waals surface area contributed by atoms with Gasteiger partial charge in [-0.25, -0.2) is 4.79 Å². The van der Waals surface area contributed by atoms with Gasteiger partial charge in [-0.1, -0.05) is 18.2 Å². The Kier molecular flexibility index (Phi) is 3.28. The van der Waals surface area contributed by atoms with Crippen molar-refractivity contribution in [3.63, 3.8) is 0 Å². The highest BCUT2D eigenvalue weighted by Crippen LogP contribution is 2.32. The minimum Gasteiger partial charge on any atom is -0.478 e. The van der Waals surface area contributed by atoms with Crippen molar-refractivity contribution in [1.29, 1.82) is 0 Å². The Morgan fingerprint density at radius 2 is 2.00 bits per heavy atom. The topological polar surface area (TPSA) is 55.1 Å². The summed E-state index contributed by atoms with van der Waals surface area (Å²) in [5.74, 6) is -1.17. The molecule has 0 saturated carbocycles. The smallest absolute Gasteiger partial charge is 0.416 e. The van der Waals surface area contributed by atoms with E-state index in [2.05, 4.69) is 5.10 Å². The molecule has 19 heavy (non-hydrogen) atoms. The normalized spacial score (nSPS) is 11.5. The second kappa shape index (κ2) is 4.75. The summed E-state index contributed by atoms with van der Waals surface area (Å²) in [6, 6.07) is 5.12. The molecule has 0 fully saturated rings. The lowest BCUT2D eigenvalue weighted by atomic mass is 10.1. The largest absolute Gasteiger partial charge is 0.478 e. The maximum atomic E-state index is 12.8. The molecule has 1 heterocycles. The summed E-state index contributed by atoms with van der Waals surface area (Å²) in [5, 5.41) is 12.4. The standard InChI is InChI=1S/C12H9F3N2O2/c13-12(14,15)10-4-2-1-3-8(10)6-17-7-9(5-16-17)11(18)19/h1-5,7H,6H2,(H,18,19). The molecule has 0 aliphatic rings. The first-order valence-corrected chi connectivity index (χ1v) is 5.29. The van der Waals surface area contributed by atoms with E-state index in [0.29, 0.717) is 0 Å². The summed E-state index contributed by atoms with van der Waals surface area (Å²) in [4.78, 5) is 10.7. The van der Waals surface area contributed by atoms with Crippen molar-refractivity contribution in [3.05, 3.63) is 53.3 Å². The van der Waals surface area contributed by atoms with Gasteiger partial charge in [0, 0.05) is 6.20 Å². The van der Waals surface area contributed by atoms with Crippen LogP contribution in [0.3, 0.4) is 0 Å². The maximum absolute atomic E-state index is 12.8. The van der Waals surface area contributed by atoms with Crippen LogP contribution < -0.4 is 0 Å². The van der Waals surface area contributed by atoms with E-state index in [-0.39, 0.29) is 17.7 Å². The minimum atomic E-state index is -4.45. The van der Waals surface area contributed by atoms with Gasteiger partial charge >= 0.3 is 12.1 Å². The highest BCUT2D eigenvalue weighted by molar-refractivity contribution is 5.86. The van der Waals surface area contributed by atoms with Crippen molar-refractivity contribution in [2.24, 2.45) is 0 Å². The maximum Gasteiger partial charge on any atom is 0.416 e. The number of carboxylic acid groups (broad SMARTS) is 1. The number of carboxylic acids is 1. The summed E-state index contributed by atoms with van der Waals surface area (Å²) in [7, 11) is 0. The molecule has 2 rings (SSSR count). The Labute approximate surface area is 106 Å². The molecule has 0 amide bonds. The fourth-order valence-corrected chi connectivity index (χ4v) is 1.67. The molecule has 4 nitrogen and oxygen atoms in total. The lowest BCUT2D eigenvalue weighted by molar-refractivity contribution is -0.138. The molecule has 0 spiro atoms. The fourth-order valence-electron chi connectivity index (χ4n) is 1.67. The number of benzene rings is 1. The summed E-state index contributed by atoms with van der Waals surface area (Å²) in [6.07, 6.45) is -2.16. The number of nitrogens with zero attached hydrogens (tertiary/aromatic N) is 2. The molecule has 0 aliphatic heterocycles. The van der Waals surface area contributed by atoms with Gasteiger partial charge in [0.25, 0.3) is 0 Å². The highest BCUT2D eigenvalue weighted by Gasteiger charge is 2.32. The monoisotopic (exact) mass is 270 g/mol. The summed E-state index contributed by atoms with van der Waals surface area (Å²) in [6.45, 7) is -0.136. The number of hydrogen-bond acceptors (Lipinski definition) is 2. The first kappa shape index (κ1) is 13.1. The van der Waals surface area contributed by atoms with Crippen molar-refractivity contribution >= 4 is 5.97 Å². The van der Waals surface area contributed by atoms with Crippen LogP contribution in [0.15, 0.2) is 36.7 Å². The third-order valence-corrected chi connectivity index (χ3v) is 2.54. The molecular formula is C12H9F3N2O2. The zero-order chi connectivity index (χ0) is 14.0. The lowest BCUT2D eigenvalue weighted by Gasteiger charge is -2.12. The van der Waals surface area contributed by atoms with E-state index in [4.69, 9.17) is 5.11 Å². The Morgan fingerprint density at radius 1 is 1.32 bits per heavy atom. The molecule has 7 heteroatoms. The number of carbonyl (C=O) groups is 1. The van der Waals surface area contributed by atoms with Gasteiger partial charge in [-0.2, -0.15) is 18.3 Å². The van der Waals surface area contributed by atoms with E-state index < -0.39 is 17.7 Å². The van der Waals surface area contributed by atoms with Crippen LogP contribution in [-0.2, 0) is 12.7 Å². The Balaban J connectivity index is 2.30. The average molecular weight is 270 g/mol.